The van der Waals surface area contributed by atoms with E-state index in [1.807, 2.05) is 0 Å². The smallest absolute Gasteiger partial charge is 0.437 e. The third-order valence-electron chi connectivity index (χ3n) is 3.80. The second-order valence-electron chi connectivity index (χ2n) is 5.94. The Hall–Kier alpha value is -4.16. The van der Waals surface area contributed by atoms with Gasteiger partial charge in [-0.1, -0.05) is 11.6 Å². The van der Waals surface area contributed by atoms with E-state index in [1.165, 1.54) is 6.07 Å². The highest BCUT2D eigenvalue weighted by atomic mass is 35.5. The Morgan fingerprint density at radius 2 is 1.90 bits per heavy atom. The van der Waals surface area contributed by atoms with Gasteiger partial charge in [-0.25, -0.2) is 9.97 Å². The summed E-state index contributed by atoms with van der Waals surface area (Å²) in [6.07, 6.45) is -3.41. The zero-order chi connectivity index (χ0) is 22.8. The van der Waals surface area contributed by atoms with Gasteiger partial charge in [0.2, 0.25) is 11.6 Å². The molecular formula is C18H8ClF3N6O3. The highest BCUT2D eigenvalue weighted by Gasteiger charge is 2.38. The first-order valence-corrected chi connectivity index (χ1v) is 8.53. The number of hydrogen-bond donors (Lipinski definition) is 1. The molecule has 1 aromatic carbocycles. The first-order chi connectivity index (χ1) is 14.6. The summed E-state index contributed by atoms with van der Waals surface area (Å²) in [5.74, 6) is -1.73. The van der Waals surface area contributed by atoms with Crippen molar-refractivity contribution in [3.63, 3.8) is 0 Å². The molecule has 0 saturated heterocycles. The van der Waals surface area contributed by atoms with E-state index in [-0.39, 0.29) is 27.7 Å². The van der Waals surface area contributed by atoms with Crippen molar-refractivity contribution in [2.75, 3.05) is 0 Å². The molecular weight excluding hydrogens is 441 g/mol. The van der Waals surface area contributed by atoms with Gasteiger partial charge in [0.1, 0.15) is 11.8 Å². The van der Waals surface area contributed by atoms with Gasteiger partial charge in [0, 0.05) is 11.2 Å². The minimum absolute atomic E-state index is 0.00187. The minimum atomic E-state index is -5.03. The molecule has 2 aromatic heterocycles. The Balaban J connectivity index is 2.10. The van der Waals surface area contributed by atoms with Crippen LogP contribution in [0.2, 0.25) is 5.02 Å². The van der Waals surface area contributed by atoms with Crippen LogP contribution < -0.4 is 15.9 Å². The van der Waals surface area contributed by atoms with Crippen LogP contribution in [0.3, 0.4) is 0 Å². The Morgan fingerprint density at radius 1 is 1.16 bits per heavy atom. The molecule has 0 amide bonds. The van der Waals surface area contributed by atoms with Crippen LogP contribution in [0.1, 0.15) is 22.6 Å². The third-order valence-corrected chi connectivity index (χ3v) is 4.02. The Kier molecular flexibility index (Phi) is 5.77. The number of alkyl halides is 3. The fourth-order valence-electron chi connectivity index (χ4n) is 2.45. The monoisotopic (exact) mass is 448 g/mol. The molecule has 0 fully saturated rings. The average Bonchev–Trinajstić information content (AvgIpc) is 2.70. The summed E-state index contributed by atoms with van der Waals surface area (Å²) < 4.78 is 46.0. The van der Waals surface area contributed by atoms with Crippen LogP contribution in [0.4, 0.5) is 13.2 Å². The number of rotatable bonds is 4. The number of benzene rings is 1. The summed E-state index contributed by atoms with van der Waals surface area (Å²) in [6.45, 7) is -0.493. The SMILES string of the molecule is N#Cc1cc(Cl)cc(Oc2c(C(F)(F)F)ncn(Cc3cnc(C#N)[nH]c3=O)c2=O)c1. The van der Waals surface area contributed by atoms with Crippen molar-refractivity contribution in [1.29, 1.82) is 10.5 Å². The molecule has 1 N–H and O–H groups in total. The highest BCUT2D eigenvalue weighted by Crippen LogP contribution is 2.35. The molecule has 0 saturated carbocycles. The van der Waals surface area contributed by atoms with Crippen molar-refractivity contribution in [3.8, 4) is 23.6 Å². The van der Waals surface area contributed by atoms with Gasteiger partial charge < -0.3 is 4.74 Å². The number of nitrogens with zero attached hydrogens (tertiary/aromatic N) is 5. The number of ether oxygens (including phenoxy) is 1. The van der Waals surface area contributed by atoms with E-state index in [0.29, 0.717) is 10.9 Å². The van der Waals surface area contributed by atoms with E-state index in [4.69, 9.17) is 26.9 Å². The summed E-state index contributed by atoms with van der Waals surface area (Å²) >= 11 is 5.82. The van der Waals surface area contributed by atoms with Crippen molar-refractivity contribution in [3.05, 3.63) is 79.1 Å². The van der Waals surface area contributed by atoms with E-state index < -0.39 is 35.3 Å². The topological polar surface area (TPSA) is 137 Å². The fraction of sp³-hybridized carbons (Fsp3) is 0.111. The highest BCUT2D eigenvalue weighted by molar-refractivity contribution is 6.30. The predicted octanol–water partition coefficient (Wildman–Crippen LogP) is 2.58. The number of hydrogen-bond acceptors (Lipinski definition) is 7. The van der Waals surface area contributed by atoms with E-state index in [9.17, 15) is 22.8 Å². The Morgan fingerprint density at radius 3 is 2.52 bits per heavy atom. The van der Waals surface area contributed by atoms with Crippen molar-refractivity contribution >= 4 is 11.6 Å². The first kappa shape index (κ1) is 21.5. The van der Waals surface area contributed by atoms with Crippen LogP contribution in [0.25, 0.3) is 0 Å². The molecule has 0 radical (unpaired) electrons. The lowest BCUT2D eigenvalue weighted by Crippen LogP contribution is -2.29. The summed E-state index contributed by atoms with van der Waals surface area (Å²) in [6, 6.07) is 6.85. The van der Waals surface area contributed by atoms with Crippen LogP contribution in [0, 0.1) is 22.7 Å². The van der Waals surface area contributed by atoms with Gasteiger partial charge in [0.05, 0.1) is 30.1 Å². The van der Waals surface area contributed by atoms with Gasteiger partial charge in [-0.15, -0.1) is 0 Å². The van der Waals surface area contributed by atoms with Gasteiger partial charge in [0.25, 0.3) is 11.1 Å². The number of H-pyrrole nitrogens is 1. The fourth-order valence-corrected chi connectivity index (χ4v) is 2.68. The number of nitrogens with one attached hydrogen (secondary N) is 1. The summed E-state index contributed by atoms with van der Waals surface area (Å²) in [4.78, 5) is 33.8. The summed E-state index contributed by atoms with van der Waals surface area (Å²) in [5.41, 5.74) is -3.71. The minimum Gasteiger partial charge on any atom is -0.449 e. The van der Waals surface area contributed by atoms with Crippen molar-refractivity contribution in [2.45, 2.75) is 12.7 Å². The number of aromatic amines is 1. The van der Waals surface area contributed by atoms with Gasteiger partial charge in [-0.3, -0.25) is 19.1 Å². The lowest BCUT2D eigenvalue weighted by atomic mass is 10.2. The van der Waals surface area contributed by atoms with E-state index in [2.05, 4.69) is 15.0 Å². The normalized spacial score (nSPS) is 10.9. The molecule has 0 aliphatic rings. The number of aromatic nitrogens is 4. The quantitative estimate of drug-likeness (QED) is 0.647. The van der Waals surface area contributed by atoms with E-state index >= 15 is 0 Å². The molecule has 0 spiro atoms. The molecule has 0 unspecified atom stereocenters. The average molecular weight is 449 g/mol. The van der Waals surface area contributed by atoms with Gasteiger partial charge in [-0.2, -0.15) is 23.7 Å². The maximum atomic E-state index is 13.4. The Labute approximate surface area is 175 Å². The molecule has 2 heterocycles. The molecule has 0 aliphatic carbocycles. The van der Waals surface area contributed by atoms with Crippen LogP contribution in [-0.4, -0.2) is 19.5 Å². The molecule has 0 atom stereocenters. The zero-order valence-electron chi connectivity index (χ0n) is 15.1. The zero-order valence-corrected chi connectivity index (χ0v) is 15.8. The van der Waals surface area contributed by atoms with Crippen molar-refractivity contribution in [1.82, 2.24) is 19.5 Å². The first-order valence-electron chi connectivity index (χ1n) is 8.16. The molecule has 3 rings (SSSR count). The van der Waals surface area contributed by atoms with Gasteiger partial charge in [-0.05, 0) is 18.2 Å². The molecule has 0 aliphatic heterocycles. The second-order valence-corrected chi connectivity index (χ2v) is 6.38. The maximum absolute atomic E-state index is 13.4. The van der Waals surface area contributed by atoms with Crippen molar-refractivity contribution < 1.29 is 17.9 Å². The molecule has 3 aromatic rings. The van der Waals surface area contributed by atoms with E-state index in [0.717, 1.165) is 18.3 Å². The third kappa shape index (κ3) is 4.71. The maximum Gasteiger partial charge on any atom is 0.437 e. The molecule has 9 nitrogen and oxygen atoms in total. The number of halogens is 4. The van der Waals surface area contributed by atoms with Crippen molar-refractivity contribution in [2.24, 2.45) is 0 Å². The second kappa shape index (κ2) is 8.30. The standard InChI is InChI=1S/C18H8ClF3N6O3/c19-11-1-9(4-23)2-12(3-11)31-14-15(18(20,21)22)26-8-28(17(14)30)7-10-6-25-13(5-24)27-16(10)29/h1-3,6,8H,7H2,(H,25,27,29). The lowest BCUT2D eigenvalue weighted by molar-refractivity contribution is -0.142. The lowest BCUT2D eigenvalue weighted by Gasteiger charge is -2.14. The van der Waals surface area contributed by atoms with Crippen LogP contribution in [-0.2, 0) is 12.7 Å². The summed E-state index contributed by atoms with van der Waals surface area (Å²) in [7, 11) is 0. The largest absolute Gasteiger partial charge is 0.449 e. The number of nitriles is 2. The molecule has 31 heavy (non-hydrogen) atoms. The molecule has 13 heteroatoms. The van der Waals surface area contributed by atoms with Gasteiger partial charge >= 0.3 is 6.18 Å². The Bertz CT molecular complexity index is 1370. The van der Waals surface area contributed by atoms with E-state index in [1.54, 1.807) is 12.1 Å². The van der Waals surface area contributed by atoms with Crippen LogP contribution in [0.15, 0.2) is 40.3 Å². The predicted molar refractivity (Wildman–Crippen MR) is 98.4 cm³/mol. The molecule has 0 bridgehead atoms. The molecule has 156 valence electrons. The summed E-state index contributed by atoms with van der Waals surface area (Å²) in [5, 5.41) is 17.7. The van der Waals surface area contributed by atoms with Crippen LogP contribution in [0.5, 0.6) is 11.5 Å². The van der Waals surface area contributed by atoms with Crippen LogP contribution >= 0.6 is 11.6 Å². The van der Waals surface area contributed by atoms with Gasteiger partial charge in [0.15, 0.2) is 5.69 Å².